The maximum absolute atomic E-state index is 13.0. The second-order valence-electron chi connectivity index (χ2n) is 11.2. The van der Waals surface area contributed by atoms with Crippen molar-refractivity contribution in [2.45, 2.75) is 79.6 Å². The molecule has 0 bridgehead atoms. The van der Waals surface area contributed by atoms with Gasteiger partial charge in [-0.15, -0.1) is 0 Å². The molecule has 0 aliphatic heterocycles. The van der Waals surface area contributed by atoms with E-state index in [-0.39, 0.29) is 17.0 Å². The van der Waals surface area contributed by atoms with Crippen LogP contribution >= 0.6 is 0 Å². The predicted molar refractivity (Wildman–Crippen MR) is 118 cm³/mol. The lowest BCUT2D eigenvalue weighted by Crippen LogP contribution is -2.48. The number of carbonyl (C=O) groups is 2. The molecule has 29 heavy (non-hydrogen) atoms. The molecular weight excluding hydrogens is 356 g/mol. The molecule has 0 spiro atoms. The summed E-state index contributed by atoms with van der Waals surface area (Å²) in [6.07, 6.45) is 16.0. The van der Waals surface area contributed by atoms with E-state index in [1.54, 1.807) is 6.08 Å². The normalized spacial score (nSPS) is 40.4. The summed E-state index contributed by atoms with van der Waals surface area (Å²) in [6.45, 7) is 11.7. The van der Waals surface area contributed by atoms with Gasteiger partial charge in [-0.3, -0.25) is 9.59 Å². The van der Waals surface area contributed by atoms with Crippen LogP contribution in [0.15, 0.2) is 35.5 Å². The number of allylic oxidation sites excluding steroid dienone is 6. The monoisotopic (exact) mass is 394 g/mol. The lowest BCUT2D eigenvalue weighted by molar-refractivity contribution is -0.119. The minimum atomic E-state index is -0.128. The zero-order valence-corrected chi connectivity index (χ0v) is 19.0. The van der Waals surface area contributed by atoms with Crippen molar-refractivity contribution < 1.29 is 9.59 Å². The molecule has 0 aromatic carbocycles. The second-order valence-corrected chi connectivity index (χ2v) is 11.2. The Hall–Kier alpha value is -1.44. The van der Waals surface area contributed by atoms with Crippen LogP contribution in [0.4, 0.5) is 0 Å². The van der Waals surface area contributed by atoms with Gasteiger partial charge in [0.15, 0.2) is 11.6 Å². The van der Waals surface area contributed by atoms with Crippen LogP contribution < -0.4 is 0 Å². The Labute approximate surface area is 176 Å². The summed E-state index contributed by atoms with van der Waals surface area (Å²) in [7, 11) is 0. The Kier molecular flexibility index (Phi) is 5.28. The van der Waals surface area contributed by atoms with Crippen LogP contribution in [0.25, 0.3) is 0 Å². The third-order valence-electron chi connectivity index (χ3n) is 9.01. The standard InChI is InChI=1S/C27H38O2/c1-17(2)7-6-8-18(3)21-9-10-22-20-16-25(29)24-15-19(28)11-13-27(24,5)23(20)12-14-26(21,22)4/h6,8,15-18,21-23H,7,9-14H2,1-5H3/b8-6+/t18-,21-,22?,23?,26-,27-/m1/s1. The first kappa shape index (κ1) is 20.8. The van der Waals surface area contributed by atoms with Gasteiger partial charge in [-0.2, -0.15) is 0 Å². The molecule has 0 amide bonds. The molecule has 2 unspecified atom stereocenters. The van der Waals surface area contributed by atoms with E-state index >= 15 is 0 Å². The zero-order valence-electron chi connectivity index (χ0n) is 19.0. The molecule has 0 radical (unpaired) electrons. The Morgan fingerprint density at radius 2 is 1.79 bits per heavy atom. The molecule has 6 atom stereocenters. The Balaban J connectivity index is 1.62. The predicted octanol–water partition coefficient (Wildman–Crippen LogP) is 6.47. The van der Waals surface area contributed by atoms with Crippen molar-refractivity contribution in [1.82, 2.24) is 0 Å². The highest BCUT2D eigenvalue weighted by Crippen LogP contribution is 2.65. The second kappa shape index (κ2) is 7.36. The van der Waals surface area contributed by atoms with E-state index in [1.165, 1.54) is 24.8 Å². The molecule has 0 heterocycles. The summed E-state index contributed by atoms with van der Waals surface area (Å²) in [5, 5.41) is 0. The lowest BCUT2D eigenvalue weighted by atomic mass is 9.49. The summed E-state index contributed by atoms with van der Waals surface area (Å²) in [6, 6.07) is 0. The fourth-order valence-corrected chi connectivity index (χ4v) is 7.35. The number of rotatable bonds is 4. The quantitative estimate of drug-likeness (QED) is 0.512. The van der Waals surface area contributed by atoms with Gasteiger partial charge in [0.25, 0.3) is 0 Å². The molecular formula is C27H38O2. The highest BCUT2D eigenvalue weighted by molar-refractivity contribution is 6.11. The van der Waals surface area contributed by atoms with Gasteiger partial charge in [-0.05, 0) is 85.7 Å². The van der Waals surface area contributed by atoms with E-state index in [0.717, 1.165) is 24.8 Å². The van der Waals surface area contributed by atoms with Gasteiger partial charge in [-0.1, -0.05) is 52.3 Å². The molecule has 0 aromatic rings. The number of hydrogen-bond donors (Lipinski definition) is 0. The van der Waals surface area contributed by atoms with Crippen LogP contribution in [-0.4, -0.2) is 11.6 Å². The minimum Gasteiger partial charge on any atom is -0.295 e. The first-order chi connectivity index (χ1) is 13.7. The number of fused-ring (bicyclic) bond motifs is 5. The van der Waals surface area contributed by atoms with Crippen molar-refractivity contribution in [3.63, 3.8) is 0 Å². The van der Waals surface area contributed by atoms with E-state index < -0.39 is 0 Å². The fourth-order valence-electron chi connectivity index (χ4n) is 7.35. The van der Waals surface area contributed by atoms with E-state index in [1.807, 2.05) is 6.08 Å². The SMILES string of the molecule is CC(C)C/C=C/[C@@H](C)[C@H]1CCC2C3=CC(=O)C4=CC(=O)CC[C@]4(C)C3CC[C@@]21C. The average Bonchev–Trinajstić information content (AvgIpc) is 3.00. The average molecular weight is 395 g/mol. The lowest BCUT2D eigenvalue weighted by Gasteiger charge is -2.54. The van der Waals surface area contributed by atoms with Gasteiger partial charge in [-0.25, -0.2) is 0 Å². The Bertz CT molecular complexity index is 797. The zero-order chi connectivity index (χ0) is 21.0. The van der Waals surface area contributed by atoms with Crippen molar-refractivity contribution in [3.05, 3.63) is 35.5 Å². The minimum absolute atomic E-state index is 0.115. The molecule has 4 rings (SSSR count). The molecule has 2 saturated carbocycles. The fraction of sp³-hybridized carbons (Fsp3) is 0.704. The third kappa shape index (κ3) is 3.31. The molecule has 0 aromatic heterocycles. The third-order valence-corrected chi connectivity index (χ3v) is 9.01. The van der Waals surface area contributed by atoms with E-state index in [0.29, 0.717) is 41.4 Å². The van der Waals surface area contributed by atoms with Gasteiger partial charge in [0.1, 0.15) is 0 Å². The van der Waals surface area contributed by atoms with Gasteiger partial charge >= 0.3 is 0 Å². The summed E-state index contributed by atoms with van der Waals surface area (Å²) in [5.74, 6) is 3.24. The summed E-state index contributed by atoms with van der Waals surface area (Å²) >= 11 is 0. The maximum Gasteiger partial charge on any atom is 0.182 e. The molecule has 2 nitrogen and oxygen atoms in total. The Morgan fingerprint density at radius 1 is 1.03 bits per heavy atom. The number of hydrogen-bond acceptors (Lipinski definition) is 2. The summed E-state index contributed by atoms with van der Waals surface area (Å²) in [5.41, 5.74) is 2.40. The first-order valence-corrected chi connectivity index (χ1v) is 11.8. The van der Waals surface area contributed by atoms with Gasteiger partial charge in [0.05, 0.1) is 0 Å². The number of ketones is 2. The van der Waals surface area contributed by atoms with Crippen molar-refractivity contribution in [2.24, 2.45) is 40.4 Å². The van der Waals surface area contributed by atoms with Crippen LogP contribution in [0.3, 0.4) is 0 Å². The molecule has 0 saturated heterocycles. The van der Waals surface area contributed by atoms with Crippen molar-refractivity contribution in [1.29, 1.82) is 0 Å². The van der Waals surface area contributed by atoms with E-state index in [2.05, 4.69) is 46.8 Å². The van der Waals surface area contributed by atoms with Crippen molar-refractivity contribution >= 4 is 11.6 Å². The maximum atomic E-state index is 13.0. The van der Waals surface area contributed by atoms with Crippen molar-refractivity contribution in [3.8, 4) is 0 Å². The molecule has 4 aliphatic rings. The summed E-state index contributed by atoms with van der Waals surface area (Å²) < 4.78 is 0. The smallest absolute Gasteiger partial charge is 0.182 e. The van der Waals surface area contributed by atoms with E-state index in [4.69, 9.17) is 0 Å². The molecule has 2 heteroatoms. The van der Waals surface area contributed by atoms with Crippen LogP contribution in [0.2, 0.25) is 0 Å². The molecule has 4 aliphatic carbocycles. The molecule has 158 valence electrons. The molecule has 0 N–H and O–H groups in total. The van der Waals surface area contributed by atoms with Gasteiger partial charge in [0.2, 0.25) is 0 Å². The highest BCUT2D eigenvalue weighted by atomic mass is 16.1. The van der Waals surface area contributed by atoms with Crippen LogP contribution in [0.1, 0.15) is 79.6 Å². The van der Waals surface area contributed by atoms with Crippen molar-refractivity contribution in [2.75, 3.05) is 0 Å². The first-order valence-electron chi connectivity index (χ1n) is 11.8. The van der Waals surface area contributed by atoms with Gasteiger partial charge < -0.3 is 0 Å². The number of carbonyl (C=O) groups excluding carboxylic acids is 2. The Morgan fingerprint density at radius 3 is 2.52 bits per heavy atom. The van der Waals surface area contributed by atoms with Gasteiger partial charge in [0, 0.05) is 17.4 Å². The molecule has 2 fully saturated rings. The highest BCUT2D eigenvalue weighted by Gasteiger charge is 2.58. The largest absolute Gasteiger partial charge is 0.295 e. The van der Waals surface area contributed by atoms with Crippen LogP contribution in [0, 0.1) is 40.4 Å². The topological polar surface area (TPSA) is 34.1 Å². The van der Waals surface area contributed by atoms with Crippen LogP contribution in [0.5, 0.6) is 0 Å². The summed E-state index contributed by atoms with van der Waals surface area (Å²) in [4.78, 5) is 25.0. The van der Waals surface area contributed by atoms with Crippen LogP contribution in [-0.2, 0) is 9.59 Å². The van der Waals surface area contributed by atoms with E-state index in [9.17, 15) is 9.59 Å².